The van der Waals surface area contributed by atoms with Crippen molar-refractivity contribution in [2.45, 2.75) is 12.5 Å². The quantitative estimate of drug-likeness (QED) is 0.756. The summed E-state index contributed by atoms with van der Waals surface area (Å²) in [6.45, 7) is 1.14. The maximum atomic E-state index is 13.1. The smallest absolute Gasteiger partial charge is 0.328 e. The van der Waals surface area contributed by atoms with Crippen LogP contribution in [0, 0.1) is 11.6 Å². The van der Waals surface area contributed by atoms with Gasteiger partial charge in [-0.05, 0) is 13.0 Å². The zero-order valence-corrected chi connectivity index (χ0v) is 7.42. The summed E-state index contributed by atoms with van der Waals surface area (Å²) in [5, 5.41) is 8.70. The molecule has 0 saturated carbocycles. The fourth-order valence-electron chi connectivity index (χ4n) is 1.03. The molecule has 0 spiro atoms. The van der Waals surface area contributed by atoms with Gasteiger partial charge >= 0.3 is 5.97 Å². The Balaban J connectivity index is 3.26. The molecule has 0 bridgehead atoms. The molecule has 0 aliphatic carbocycles. The maximum absolute atomic E-state index is 13.1. The topological polar surface area (TPSA) is 63.3 Å². The van der Waals surface area contributed by atoms with E-state index in [1.165, 1.54) is 0 Å². The van der Waals surface area contributed by atoms with Crippen molar-refractivity contribution in [1.29, 1.82) is 0 Å². The normalized spacial score (nSPS) is 14.9. The highest BCUT2D eigenvalue weighted by Gasteiger charge is 2.32. The fraction of sp³-hybridized carbons (Fsp3) is 0.222. The third kappa shape index (κ3) is 1.72. The van der Waals surface area contributed by atoms with Crippen LogP contribution in [0.5, 0.6) is 0 Å². The van der Waals surface area contributed by atoms with Crippen LogP contribution in [0.4, 0.5) is 8.78 Å². The average Bonchev–Trinajstić information content (AvgIpc) is 2.02. The van der Waals surface area contributed by atoms with E-state index in [0.717, 1.165) is 19.1 Å². The first-order valence-electron chi connectivity index (χ1n) is 3.83. The van der Waals surface area contributed by atoms with Crippen molar-refractivity contribution in [3.05, 3.63) is 35.4 Å². The minimum Gasteiger partial charge on any atom is -0.480 e. The Bertz CT molecular complexity index is 377. The van der Waals surface area contributed by atoms with Gasteiger partial charge in [0.15, 0.2) is 0 Å². The Labute approximate surface area is 79.2 Å². The van der Waals surface area contributed by atoms with E-state index in [1.807, 2.05) is 0 Å². The predicted octanol–water partition coefficient (Wildman–Crippen LogP) is 1.22. The largest absolute Gasteiger partial charge is 0.480 e. The van der Waals surface area contributed by atoms with Crippen LogP contribution in [0.15, 0.2) is 18.2 Å². The number of hydrogen-bond acceptors (Lipinski definition) is 2. The van der Waals surface area contributed by atoms with E-state index in [9.17, 15) is 13.6 Å². The lowest BCUT2D eigenvalue weighted by atomic mass is 9.93. The summed E-state index contributed by atoms with van der Waals surface area (Å²) >= 11 is 0. The third-order valence-electron chi connectivity index (χ3n) is 1.93. The first-order chi connectivity index (χ1) is 6.35. The molecular formula is C9H9F2NO2. The first-order valence-corrected chi connectivity index (χ1v) is 3.83. The van der Waals surface area contributed by atoms with Crippen molar-refractivity contribution in [2.75, 3.05) is 0 Å². The summed E-state index contributed by atoms with van der Waals surface area (Å²) in [5.74, 6) is -3.10. The molecule has 0 amide bonds. The predicted molar refractivity (Wildman–Crippen MR) is 45.5 cm³/mol. The number of carboxylic acids is 1. The molecule has 0 aliphatic rings. The molecule has 1 unspecified atom stereocenters. The molecular weight excluding hydrogens is 192 g/mol. The first kappa shape index (κ1) is 10.6. The van der Waals surface area contributed by atoms with Crippen LogP contribution in [-0.4, -0.2) is 11.1 Å². The van der Waals surface area contributed by atoms with Gasteiger partial charge < -0.3 is 10.8 Å². The zero-order chi connectivity index (χ0) is 10.9. The average molecular weight is 201 g/mol. The van der Waals surface area contributed by atoms with Crippen molar-refractivity contribution in [3.63, 3.8) is 0 Å². The summed E-state index contributed by atoms with van der Waals surface area (Å²) < 4.78 is 25.6. The molecule has 0 aliphatic heterocycles. The minimum atomic E-state index is -1.85. The van der Waals surface area contributed by atoms with Crippen molar-refractivity contribution in [2.24, 2.45) is 5.73 Å². The lowest BCUT2D eigenvalue weighted by molar-refractivity contribution is -0.143. The molecule has 14 heavy (non-hydrogen) atoms. The molecule has 76 valence electrons. The molecule has 0 aromatic heterocycles. The Morgan fingerprint density at radius 1 is 1.50 bits per heavy atom. The van der Waals surface area contributed by atoms with E-state index in [0.29, 0.717) is 6.07 Å². The van der Waals surface area contributed by atoms with Crippen LogP contribution >= 0.6 is 0 Å². The van der Waals surface area contributed by atoms with Gasteiger partial charge in [-0.3, -0.25) is 0 Å². The number of rotatable bonds is 2. The van der Waals surface area contributed by atoms with E-state index < -0.39 is 23.1 Å². The number of carboxylic acid groups (broad SMARTS) is 1. The Morgan fingerprint density at radius 3 is 2.50 bits per heavy atom. The number of aliphatic carboxylic acids is 1. The van der Waals surface area contributed by atoms with Crippen LogP contribution in [-0.2, 0) is 10.3 Å². The van der Waals surface area contributed by atoms with Crippen LogP contribution in [0.2, 0.25) is 0 Å². The molecule has 0 fully saturated rings. The molecule has 1 atom stereocenters. The molecule has 0 heterocycles. The van der Waals surface area contributed by atoms with Crippen molar-refractivity contribution in [1.82, 2.24) is 0 Å². The second kappa shape index (κ2) is 3.34. The van der Waals surface area contributed by atoms with Gasteiger partial charge in [0, 0.05) is 11.6 Å². The second-order valence-electron chi connectivity index (χ2n) is 3.13. The van der Waals surface area contributed by atoms with E-state index in [-0.39, 0.29) is 5.56 Å². The van der Waals surface area contributed by atoms with Crippen LogP contribution in [0.3, 0.4) is 0 Å². The van der Waals surface area contributed by atoms with Crippen molar-refractivity contribution >= 4 is 5.97 Å². The Kier molecular flexibility index (Phi) is 2.53. The highest BCUT2D eigenvalue weighted by Crippen LogP contribution is 2.21. The minimum absolute atomic E-state index is 0.244. The van der Waals surface area contributed by atoms with Gasteiger partial charge in [0.25, 0.3) is 0 Å². The highest BCUT2D eigenvalue weighted by atomic mass is 19.1. The van der Waals surface area contributed by atoms with Crippen LogP contribution in [0.25, 0.3) is 0 Å². The summed E-state index contributed by atoms with van der Waals surface area (Å²) in [7, 11) is 0. The zero-order valence-electron chi connectivity index (χ0n) is 7.42. The SMILES string of the molecule is CC(N)(C(=O)O)c1ccc(F)cc1F. The monoisotopic (exact) mass is 201 g/mol. The van der Waals surface area contributed by atoms with Gasteiger partial charge in [-0.2, -0.15) is 0 Å². The standard InChI is InChI=1S/C9H9F2NO2/c1-9(12,8(13)14)6-3-2-5(10)4-7(6)11/h2-4H,12H2,1H3,(H,13,14). The molecule has 5 heteroatoms. The number of hydrogen-bond donors (Lipinski definition) is 2. The van der Waals surface area contributed by atoms with Crippen LogP contribution in [0.1, 0.15) is 12.5 Å². The highest BCUT2D eigenvalue weighted by molar-refractivity contribution is 5.79. The van der Waals surface area contributed by atoms with Crippen molar-refractivity contribution < 1.29 is 18.7 Å². The second-order valence-corrected chi connectivity index (χ2v) is 3.13. The molecule has 3 N–H and O–H groups in total. The van der Waals surface area contributed by atoms with Gasteiger partial charge in [0.1, 0.15) is 17.2 Å². The van der Waals surface area contributed by atoms with E-state index in [2.05, 4.69) is 0 Å². The summed E-state index contributed by atoms with van der Waals surface area (Å²) in [5.41, 5.74) is 3.28. The molecule has 1 rings (SSSR count). The van der Waals surface area contributed by atoms with E-state index in [4.69, 9.17) is 10.8 Å². The fourth-order valence-corrected chi connectivity index (χ4v) is 1.03. The Morgan fingerprint density at radius 2 is 2.07 bits per heavy atom. The molecule has 0 saturated heterocycles. The van der Waals surface area contributed by atoms with Gasteiger partial charge in [-0.25, -0.2) is 13.6 Å². The van der Waals surface area contributed by atoms with Crippen molar-refractivity contribution in [3.8, 4) is 0 Å². The molecule has 0 radical (unpaired) electrons. The van der Waals surface area contributed by atoms with Gasteiger partial charge in [-0.15, -0.1) is 0 Å². The van der Waals surface area contributed by atoms with Crippen LogP contribution < -0.4 is 5.73 Å². The lowest BCUT2D eigenvalue weighted by Gasteiger charge is -2.19. The van der Waals surface area contributed by atoms with Gasteiger partial charge in [-0.1, -0.05) is 6.07 Å². The number of nitrogens with two attached hydrogens (primary N) is 1. The lowest BCUT2D eigenvalue weighted by Crippen LogP contribution is -2.42. The van der Waals surface area contributed by atoms with Gasteiger partial charge in [0.05, 0.1) is 0 Å². The molecule has 1 aromatic carbocycles. The van der Waals surface area contributed by atoms with Gasteiger partial charge in [0.2, 0.25) is 0 Å². The van der Waals surface area contributed by atoms with E-state index in [1.54, 1.807) is 0 Å². The number of benzene rings is 1. The number of carbonyl (C=O) groups is 1. The third-order valence-corrected chi connectivity index (χ3v) is 1.93. The summed E-state index contributed by atoms with van der Waals surface area (Å²) in [4.78, 5) is 10.7. The molecule has 3 nitrogen and oxygen atoms in total. The maximum Gasteiger partial charge on any atom is 0.328 e. The summed E-state index contributed by atoms with van der Waals surface area (Å²) in [6.07, 6.45) is 0. The Hall–Kier alpha value is -1.49. The summed E-state index contributed by atoms with van der Waals surface area (Å²) in [6, 6.07) is 2.59. The molecule has 1 aromatic rings. The van der Waals surface area contributed by atoms with E-state index >= 15 is 0 Å². The number of halogens is 2.